The van der Waals surface area contributed by atoms with Gasteiger partial charge in [-0.1, -0.05) is 18.2 Å². The number of nitrogens with one attached hydrogen (secondary N) is 2. The summed E-state index contributed by atoms with van der Waals surface area (Å²) in [5, 5.41) is 30.2. The molecule has 8 heteroatoms. The molecule has 0 atom stereocenters. The molecule has 0 spiro atoms. The summed E-state index contributed by atoms with van der Waals surface area (Å²) in [6.45, 7) is 0. The molecule has 8 nitrogen and oxygen atoms in total. The van der Waals surface area contributed by atoms with Crippen molar-refractivity contribution in [2.24, 2.45) is 10.2 Å². The normalized spacial score (nSPS) is 13.2. The number of hydrogen-bond acceptors (Lipinski definition) is 6. The number of methoxy groups -OCH3 is 1. The largest absolute Gasteiger partial charge is 0.612 e. The monoisotopic (exact) mass is 376 g/mol. The number of hydrazone groups is 2. The Morgan fingerprint density at radius 1 is 0.929 bits per heavy atom. The van der Waals surface area contributed by atoms with E-state index in [1.807, 2.05) is 54.6 Å². The highest BCUT2D eigenvalue weighted by molar-refractivity contribution is 6.17. The third kappa shape index (κ3) is 4.98. The lowest BCUT2D eigenvalue weighted by molar-refractivity contribution is -0.377. The number of allylic oxidation sites excluding steroid dienone is 4. The Morgan fingerprint density at radius 3 is 2.21 bits per heavy atom. The van der Waals surface area contributed by atoms with E-state index < -0.39 is 4.90 Å². The van der Waals surface area contributed by atoms with Gasteiger partial charge in [-0.05, 0) is 48.6 Å². The minimum absolute atomic E-state index is 0.00809. The van der Waals surface area contributed by atoms with Gasteiger partial charge in [-0.15, -0.1) is 0 Å². The number of ether oxygens (including phenoxy) is 1. The van der Waals surface area contributed by atoms with E-state index in [2.05, 4.69) is 21.1 Å². The maximum absolute atomic E-state index is 10.8. The highest BCUT2D eigenvalue weighted by Crippen LogP contribution is 2.12. The van der Waals surface area contributed by atoms with Crippen molar-refractivity contribution in [1.29, 1.82) is 0 Å². The van der Waals surface area contributed by atoms with Crippen LogP contribution < -0.4 is 15.6 Å². The molecule has 2 aromatic carbocycles. The lowest BCUT2D eigenvalue weighted by Gasteiger charge is -2.10. The Bertz CT molecular complexity index is 939. The lowest BCUT2D eigenvalue weighted by atomic mass is 10.1. The lowest BCUT2D eigenvalue weighted by Crippen LogP contribution is -2.22. The highest BCUT2D eigenvalue weighted by Gasteiger charge is 2.07. The molecule has 0 fully saturated rings. The number of para-hydroxylation sites is 1. The number of amidine groups is 1. The summed E-state index contributed by atoms with van der Waals surface area (Å²) in [5.74, 6) is 1.20. The van der Waals surface area contributed by atoms with Crippen LogP contribution in [0.5, 0.6) is 5.75 Å². The predicted molar refractivity (Wildman–Crippen MR) is 110 cm³/mol. The minimum Gasteiger partial charge on any atom is -0.612 e. The molecule has 1 aliphatic rings. The van der Waals surface area contributed by atoms with Gasteiger partial charge in [0.2, 0.25) is 5.71 Å². The van der Waals surface area contributed by atoms with E-state index in [-0.39, 0.29) is 5.71 Å². The quantitative estimate of drug-likeness (QED) is 0.274. The van der Waals surface area contributed by atoms with E-state index in [1.54, 1.807) is 19.3 Å². The standard InChI is InChI=1S/C20H18N5O3/c1-28-19-13-7-15(8-14-19)20(23-21-16-5-3-2-4-6-16)24-22-17-9-11-18(12-10-17)25(26)27/h2-14,21H,1H3,(H-,23,24,26,27)/q-1. The van der Waals surface area contributed by atoms with Crippen LogP contribution in [0.15, 0.2) is 89.1 Å². The number of benzene rings is 2. The Balaban J connectivity index is 1.82. The average molecular weight is 376 g/mol. The molecule has 0 unspecified atom stereocenters. The van der Waals surface area contributed by atoms with Crippen molar-refractivity contribution in [3.8, 4) is 5.75 Å². The van der Waals surface area contributed by atoms with Gasteiger partial charge in [-0.25, -0.2) is 0 Å². The van der Waals surface area contributed by atoms with Crippen molar-refractivity contribution in [2.45, 2.75) is 0 Å². The fourth-order valence-electron chi connectivity index (χ4n) is 2.30. The molecule has 2 aromatic rings. The van der Waals surface area contributed by atoms with Crippen LogP contribution in [0.4, 0.5) is 5.69 Å². The number of anilines is 1. The Morgan fingerprint density at radius 2 is 1.61 bits per heavy atom. The van der Waals surface area contributed by atoms with Crippen molar-refractivity contribution in [1.82, 2.24) is 5.43 Å². The van der Waals surface area contributed by atoms with E-state index in [1.165, 1.54) is 12.2 Å². The molecule has 0 aromatic heterocycles. The van der Waals surface area contributed by atoms with Crippen LogP contribution >= 0.6 is 0 Å². The first-order chi connectivity index (χ1) is 13.7. The van der Waals surface area contributed by atoms with Gasteiger partial charge in [-0.3, -0.25) is 10.9 Å². The second-order valence-corrected chi connectivity index (χ2v) is 5.66. The molecular weight excluding hydrogens is 358 g/mol. The Hall–Kier alpha value is -4.07. The fourth-order valence-corrected chi connectivity index (χ4v) is 2.30. The van der Waals surface area contributed by atoms with Crippen LogP contribution in [0.1, 0.15) is 5.56 Å². The van der Waals surface area contributed by atoms with Crippen molar-refractivity contribution in [2.75, 3.05) is 12.5 Å². The molecule has 0 bridgehead atoms. The molecule has 0 aliphatic heterocycles. The molecule has 142 valence electrons. The smallest absolute Gasteiger partial charge is 0.222 e. The average Bonchev–Trinajstić information content (AvgIpc) is 2.75. The maximum Gasteiger partial charge on any atom is 0.222 e. The molecule has 0 amide bonds. The van der Waals surface area contributed by atoms with Gasteiger partial charge in [0, 0.05) is 17.7 Å². The van der Waals surface area contributed by atoms with Gasteiger partial charge in [0.15, 0.2) is 5.84 Å². The van der Waals surface area contributed by atoms with Gasteiger partial charge in [0.05, 0.1) is 18.5 Å². The van der Waals surface area contributed by atoms with Crippen LogP contribution in [0.2, 0.25) is 0 Å². The predicted octanol–water partition coefficient (Wildman–Crippen LogP) is 2.99. The third-order valence-corrected chi connectivity index (χ3v) is 3.79. The Kier molecular flexibility index (Phi) is 6.04. The Labute approximate surface area is 162 Å². The summed E-state index contributed by atoms with van der Waals surface area (Å²) in [6, 6.07) is 16.8. The van der Waals surface area contributed by atoms with Gasteiger partial charge >= 0.3 is 0 Å². The zero-order valence-corrected chi connectivity index (χ0v) is 15.1. The van der Waals surface area contributed by atoms with Gasteiger partial charge < -0.3 is 15.2 Å². The molecule has 0 saturated carbocycles. The molecule has 2 N–H and O–H groups in total. The summed E-state index contributed by atoms with van der Waals surface area (Å²) in [6.07, 6.45) is 5.91. The fraction of sp³-hybridized carbons (Fsp3) is 0.0500. The minimum atomic E-state index is -0.453. The van der Waals surface area contributed by atoms with Crippen LogP contribution in [0, 0.1) is 10.4 Å². The molecule has 3 rings (SSSR count). The van der Waals surface area contributed by atoms with E-state index in [4.69, 9.17) is 4.74 Å². The van der Waals surface area contributed by atoms with Gasteiger partial charge in [0.25, 0.3) is 0 Å². The van der Waals surface area contributed by atoms with Crippen molar-refractivity contribution in [3.05, 3.63) is 94.9 Å². The van der Waals surface area contributed by atoms with Crippen LogP contribution in [-0.4, -0.2) is 29.3 Å². The number of rotatable bonds is 5. The van der Waals surface area contributed by atoms with E-state index in [0.717, 1.165) is 17.0 Å². The topological polar surface area (TPSA) is 107 Å². The SMILES string of the molecule is COc1ccc(C(=NNc2ccccc2)NN=C2C=CC(=[N+]([O-])[O-])C=C2)cc1. The second kappa shape index (κ2) is 9.04. The first-order valence-electron chi connectivity index (χ1n) is 8.40. The zero-order chi connectivity index (χ0) is 19.8. The molecule has 28 heavy (non-hydrogen) atoms. The highest BCUT2D eigenvalue weighted by atomic mass is 16.8. The molecule has 0 saturated heterocycles. The zero-order valence-electron chi connectivity index (χ0n) is 15.1. The number of hydrogen-bond donors (Lipinski definition) is 2. The van der Waals surface area contributed by atoms with E-state index in [0.29, 0.717) is 11.5 Å². The molecule has 1 aliphatic carbocycles. The second-order valence-electron chi connectivity index (χ2n) is 5.66. The van der Waals surface area contributed by atoms with Crippen molar-refractivity contribution in [3.63, 3.8) is 0 Å². The van der Waals surface area contributed by atoms with Crippen molar-refractivity contribution >= 4 is 22.9 Å². The van der Waals surface area contributed by atoms with Gasteiger partial charge in [0.1, 0.15) is 5.75 Å². The summed E-state index contributed by atoms with van der Waals surface area (Å²) < 4.78 is 5.18. The van der Waals surface area contributed by atoms with Crippen LogP contribution in [0.25, 0.3) is 0 Å². The summed E-state index contributed by atoms with van der Waals surface area (Å²) in [7, 11) is 1.60. The third-order valence-electron chi connectivity index (χ3n) is 3.79. The van der Waals surface area contributed by atoms with E-state index >= 15 is 0 Å². The van der Waals surface area contributed by atoms with Crippen LogP contribution in [-0.2, 0) is 0 Å². The summed E-state index contributed by atoms with van der Waals surface area (Å²) >= 11 is 0. The molecular formula is C20H18N5O3-. The maximum atomic E-state index is 10.8. The first-order valence-corrected chi connectivity index (χ1v) is 8.40. The first kappa shape index (κ1) is 18.7. The van der Waals surface area contributed by atoms with Crippen LogP contribution in [0.3, 0.4) is 0 Å². The summed E-state index contributed by atoms with van der Waals surface area (Å²) in [4.78, 5) is -0.453. The van der Waals surface area contributed by atoms with Gasteiger partial charge in [-0.2, -0.15) is 15.1 Å². The molecule has 0 heterocycles. The number of nitrogens with zero attached hydrogens (tertiary/aromatic N) is 3. The summed E-state index contributed by atoms with van der Waals surface area (Å²) in [5.41, 5.74) is 8.04. The van der Waals surface area contributed by atoms with Crippen molar-refractivity contribution < 1.29 is 9.64 Å². The molecule has 0 radical (unpaired) electrons. The van der Waals surface area contributed by atoms with E-state index in [9.17, 15) is 10.4 Å².